The molecule has 1 saturated heterocycles. The first-order valence-corrected chi connectivity index (χ1v) is 8.18. The van der Waals surface area contributed by atoms with Crippen molar-refractivity contribution in [2.45, 2.75) is 18.1 Å². The van der Waals surface area contributed by atoms with Gasteiger partial charge in [-0.3, -0.25) is 14.4 Å². The zero-order valence-electron chi connectivity index (χ0n) is 13.0. The van der Waals surface area contributed by atoms with E-state index in [1.54, 1.807) is 18.2 Å². The van der Waals surface area contributed by atoms with Crippen LogP contribution < -0.4 is 10.6 Å². The van der Waals surface area contributed by atoms with Crippen LogP contribution in [0.3, 0.4) is 0 Å². The molecule has 0 saturated carbocycles. The van der Waals surface area contributed by atoms with Crippen molar-refractivity contribution in [1.82, 2.24) is 10.6 Å². The Morgan fingerprint density at radius 2 is 2.12 bits per heavy atom. The number of nitrogens with one attached hydrogen (secondary N) is 2. The van der Waals surface area contributed by atoms with Gasteiger partial charge in [-0.1, -0.05) is 23.9 Å². The van der Waals surface area contributed by atoms with Crippen LogP contribution in [0.5, 0.6) is 5.75 Å². The number of para-hydroxylation sites is 1. The Balaban J connectivity index is 1.86. The quantitative estimate of drug-likeness (QED) is 0.405. The number of phenolic OH excluding ortho intramolecular Hbond substituents is 1. The first kappa shape index (κ1) is 18.5. The average Bonchev–Trinajstić information content (AvgIpc) is 2.88. The van der Waals surface area contributed by atoms with E-state index in [-0.39, 0.29) is 36.2 Å². The Morgan fingerprint density at radius 1 is 1.36 bits per heavy atom. The number of carboxylic acid groups (broad SMARTS) is 1. The van der Waals surface area contributed by atoms with Gasteiger partial charge in [0.25, 0.3) is 0 Å². The molecule has 1 heterocycles. The number of phenols is 1. The lowest BCUT2D eigenvalue weighted by atomic mass is 10.2. The molecular formula is C15H16N4O5S. The lowest BCUT2D eigenvalue weighted by Crippen LogP contribution is -2.32. The number of hydrogen-bond donors (Lipinski definition) is 4. The summed E-state index contributed by atoms with van der Waals surface area (Å²) in [7, 11) is 0. The summed E-state index contributed by atoms with van der Waals surface area (Å²) in [4.78, 5) is 33.9. The number of carbonyl (C=O) groups excluding carboxylic acids is 2. The largest absolute Gasteiger partial charge is 0.507 e. The molecule has 132 valence electrons. The van der Waals surface area contributed by atoms with Crippen LogP contribution in [0.15, 0.2) is 34.5 Å². The maximum atomic E-state index is 11.8. The van der Waals surface area contributed by atoms with Crippen molar-refractivity contribution >= 4 is 40.9 Å². The third kappa shape index (κ3) is 5.92. The number of nitrogens with zero attached hydrogens (tertiary/aromatic N) is 2. The first-order chi connectivity index (χ1) is 12.0. The minimum absolute atomic E-state index is 0.0129. The number of amides is 2. The molecule has 1 fully saturated rings. The molecule has 0 spiro atoms. The van der Waals surface area contributed by atoms with Gasteiger partial charge in [0.15, 0.2) is 5.17 Å². The Hall–Kier alpha value is -2.88. The summed E-state index contributed by atoms with van der Waals surface area (Å²) in [6, 6.07) is 6.58. The molecule has 4 N–H and O–H groups in total. The molecule has 1 aromatic carbocycles. The maximum absolute atomic E-state index is 11.8. The van der Waals surface area contributed by atoms with E-state index >= 15 is 0 Å². The van der Waals surface area contributed by atoms with Gasteiger partial charge in [0, 0.05) is 18.5 Å². The van der Waals surface area contributed by atoms with E-state index in [9.17, 15) is 19.5 Å². The van der Waals surface area contributed by atoms with Crippen molar-refractivity contribution in [1.29, 1.82) is 0 Å². The fourth-order valence-corrected chi connectivity index (χ4v) is 2.80. The van der Waals surface area contributed by atoms with Crippen LogP contribution in [0.25, 0.3) is 0 Å². The van der Waals surface area contributed by atoms with E-state index in [0.29, 0.717) is 5.56 Å². The zero-order valence-corrected chi connectivity index (χ0v) is 13.8. The molecule has 2 rings (SSSR count). The predicted octanol–water partition coefficient (Wildman–Crippen LogP) is 0.295. The summed E-state index contributed by atoms with van der Waals surface area (Å²) < 4.78 is 0. The second kappa shape index (κ2) is 8.83. The number of aromatic hydroxyl groups is 1. The molecule has 1 atom stereocenters. The van der Waals surface area contributed by atoms with E-state index in [1.165, 1.54) is 12.3 Å². The fraction of sp³-hybridized carbons (Fsp3) is 0.267. The van der Waals surface area contributed by atoms with E-state index in [2.05, 4.69) is 20.8 Å². The molecule has 9 nitrogen and oxygen atoms in total. The fourth-order valence-electron chi connectivity index (χ4n) is 1.88. The Labute approximate surface area is 147 Å². The lowest BCUT2D eigenvalue weighted by molar-refractivity contribution is -0.137. The number of carboxylic acids is 1. The highest BCUT2D eigenvalue weighted by atomic mass is 32.2. The van der Waals surface area contributed by atoms with Gasteiger partial charge in [0.1, 0.15) is 11.0 Å². The Morgan fingerprint density at radius 3 is 2.84 bits per heavy atom. The second-order valence-corrected chi connectivity index (χ2v) is 6.19. The molecule has 1 aliphatic rings. The van der Waals surface area contributed by atoms with E-state index < -0.39 is 17.1 Å². The molecule has 1 aromatic rings. The zero-order chi connectivity index (χ0) is 18.2. The SMILES string of the molecule is O=C(O)CCNC(=O)CC1S/C(=N/N=C/c2ccccc2O)NC1=O. The number of aliphatic carboxylic acids is 1. The van der Waals surface area contributed by atoms with Crippen molar-refractivity contribution in [2.75, 3.05) is 6.54 Å². The van der Waals surface area contributed by atoms with E-state index in [4.69, 9.17) is 5.11 Å². The molecule has 10 heteroatoms. The Bertz CT molecular complexity index is 734. The van der Waals surface area contributed by atoms with Crippen molar-refractivity contribution in [3.63, 3.8) is 0 Å². The number of hydrogen-bond acceptors (Lipinski definition) is 7. The highest BCUT2D eigenvalue weighted by Gasteiger charge is 2.32. The number of amidine groups is 1. The third-order valence-electron chi connectivity index (χ3n) is 3.09. The summed E-state index contributed by atoms with van der Waals surface area (Å²) in [6.45, 7) is 0.0129. The molecule has 0 aromatic heterocycles. The van der Waals surface area contributed by atoms with Crippen LogP contribution >= 0.6 is 11.8 Å². The van der Waals surface area contributed by atoms with Gasteiger partial charge < -0.3 is 20.8 Å². The van der Waals surface area contributed by atoms with Gasteiger partial charge in [0.2, 0.25) is 11.8 Å². The van der Waals surface area contributed by atoms with Crippen LogP contribution in [-0.2, 0) is 14.4 Å². The van der Waals surface area contributed by atoms with Crippen LogP contribution in [0.4, 0.5) is 0 Å². The molecule has 2 amide bonds. The van der Waals surface area contributed by atoms with Crippen molar-refractivity contribution in [3.05, 3.63) is 29.8 Å². The highest BCUT2D eigenvalue weighted by molar-refractivity contribution is 8.15. The number of benzene rings is 1. The van der Waals surface area contributed by atoms with E-state index in [1.807, 2.05) is 0 Å². The van der Waals surface area contributed by atoms with Gasteiger partial charge >= 0.3 is 5.97 Å². The van der Waals surface area contributed by atoms with Gasteiger partial charge in [-0.2, -0.15) is 5.10 Å². The van der Waals surface area contributed by atoms with E-state index in [0.717, 1.165) is 11.8 Å². The second-order valence-electron chi connectivity index (χ2n) is 5.00. The molecule has 0 bridgehead atoms. The van der Waals surface area contributed by atoms with Gasteiger partial charge in [-0.15, -0.1) is 5.10 Å². The Kier molecular flexibility index (Phi) is 6.52. The smallest absolute Gasteiger partial charge is 0.305 e. The minimum Gasteiger partial charge on any atom is -0.507 e. The number of carbonyl (C=O) groups is 3. The summed E-state index contributed by atoms with van der Waals surface area (Å²) in [5.41, 5.74) is 0.482. The third-order valence-corrected chi connectivity index (χ3v) is 4.16. The van der Waals surface area contributed by atoms with Crippen LogP contribution in [-0.4, -0.2) is 51.2 Å². The monoisotopic (exact) mass is 364 g/mol. The van der Waals surface area contributed by atoms with Crippen molar-refractivity contribution in [2.24, 2.45) is 10.2 Å². The number of thioether (sulfide) groups is 1. The lowest BCUT2D eigenvalue weighted by Gasteiger charge is -2.05. The van der Waals surface area contributed by atoms with Crippen LogP contribution in [0, 0.1) is 0 Å². The molecule has 1 aliphatic heterocycles. The summed E-state index contributed by atoms with van der Waals surface area (Å²) in [5, 5.41) is 30.3. The molecule has 0 radical (unpaired) electrons. The summed E-state index contributed by atoms with van der Waals surface area (Å²) >= 11 is 1.06. The molecule has 1 unspecified atom stereocenters. The normalized spacial score (nSPS) is 18.5. The molecular weight excluding hydrogens is 348 g/mol. The molecule has 0 aliphatic carbocycles. The topological polar surface area (TPSA) is 140 Å². The maximum Gasteiger partial charge on any atom is 0.305 e. The highest BCUT2D eigenvalue weighted by Crippen LogP contribution is 2.22. The van der Waals surface area contributed by atoms with Crippen molar-refractivity contribution < 1.29 is 24.6 Å². The predicted molar refractivity (Wildman–Crippen MR) is 92.5 cm³/mol. The van der Waals surface area contributed by atoms with Gasteiger partial charge in [-0.05, 0) is 12.1 Å². The number of rotatable bonds is 7. The first-order valence-electron chi connectivity index (χ1n) is 7.30. The summed E-state index contributed by atoms with van der Waals surface area (Å²) in [5.74, 6) is -1.72. The molecule has 25 heavy (non-hydrogen) atoms. The van der Waals surface area contributed by atoms with Gasteiger partial charge in [0.05, 0.1) is 12.6 Å². The van der Waals surface area contributed by atoms with Crippen molar-refractivity contribution in [3.8, 4) is 5.75 Å². The van der Waals surface area contributed by atoms with Crippen LogP contribution in [0.1, 0.15) is 18.4 Å². The van der Waals surface area contributed by atoms with Crippen LogP contribution in [0.2, 0.25) is 0 Å². The standard InChI is InChI=1S/C15H16N4O5S/c20-10-4-2-1-3-9(10)8-17-19-15-18-14(24)11(25-15)7-12(21)16-6-5-13(22)23/h1-4,8,11,20H,5-7H2,(H,16,21)(H,22,23)(H,18,19,24)/b17-8+. The summed E-state index contributed by atoms with van der Waals surface area (Å²) in [6.07, 6.45) is 1.09. The minimum atomic E-state index is -1.01. The average molecular weight is 364 g/mol. The van der Waals surface area contributed by atoms with Gasteiger partial charge in [-0.25, -0.2) is 0 Å².